The molecule has 0 rings (SSSR count). The van der Waals surface area contributed by atoms with Crippen LogP contribution in [0, 0.1) is 0 Å². The molecule has 0 aliphatic rings. The van der Waals surface area contributed by atoms with Crippen molar-refractivity contribution in [1.82, 2.24) is 30.7 Å². The summed E-state index contributed by atoms with van der Waals surface area (Å²) in [5.74, 6) is -8.75. The van der Waals surface area contributed by atoms with Crippen LogP contribution in [0.5, 0.6) is 0 Å². The van der Waals surface area contributed by atoms with E-state index < -0.39 is 98.4 Å². The fourth-order valence-electron chi connectivity index (χ4n) is 5.23. The van der Waals surface area contributed by atoms with Crippen LogP contribution in [0.15, 0.2) is 0 Å². The van der Waals surface area contributed by atoms with Gasteiger partial charge in [-0.1, -0.05) is 0 Å². The van der Waals surface area contributed by atoms with Gasteiger partial charge in [-0.25, -0.2) is 14.4 Å². The van der Waals surface area contributed by atoms with Crippen LogP contribution in [0.3, 0.4) is 0 Å². The summed E-state index contributed by atoms with van der Waals surface area (Å²) in [5, 5.41) is 54.8. The van der Waals surface area contributed by atoms with E-state index in [4.69, 9.17) is 17.2 Å². The summed E-state index contributed by atoms with van der Waals surface area (Å²) in [6.07, 6.45) is 3.14. The van der Waals surface area contributed by atoms with Gasteiger partial charge in [-0.05, 0) is 77.4 Å². The third-order valence-electron chi connectivity index (χ3n) is 8.02. The van der Waals surface area contributed by atoms with Crippen molar-refractivity contribution in [3.63, 3.8) is 0 Å². The predicted octanol–water partition coefficient (Wildman–Crippen LogP) is -3.84. The highest BCUT2D eigenvalue weighted by Gasteiger charge is 2.26. The average Bonchev–Trinajstić information content (AvgIpc) is 3.07. The van der Waals surface area contributed by atoms with Gasteiger partial charge in [0.25, 0.3) is 0 Å². The number of carbonyl (C=O) groups excluding carboxylic acids is 3. The molecule has 310 valence electrons. The molecule has 22 nitrogen and oxygen atoms in total. The number of hydrogen-bond donors (Lipinski definition) is 11. The van der Waals surface area contributed by atoms with E-state index in [1.807, 2.05) is 0 Å². The van der Waals surface area contributed by atoms with Crippen LogP contribution in [-0.2, 0) is 38.4 Å². The first-order chi connectivity index (χ1) is 25.5. The Labute approximate surface area is 313 Å². The van der Waals surface area contributed by atoms with Gasteiger partial charge in [-0.2, -0.15) is 0 Å². The lowest BCUT2D eigenvalue weighted by Crippen LogP contribution is -2.51. The third kappa shape index (κ3) is 24.7. The van der Waals surface area contributed by atoms with Crippen molar-refractivity contribution in [1.29, 1.82) is 0 Å². The maximum Gasteiger partial charge on any atom is 0.326 e. The molecule has 3 atom stereocenters. The zero-order chi connectivity index (χ0) is 41.1. The van der Waals surface area contributed by atoms with Crippen LogP contribution in [0.25, 0.3) is 0 Å². The number of aliphatic carboxylic acids is 5. The molecule has 0 saturated heterocycles. The van der Waals surface area contributed by atoms with Crippen LogP contribution < -0.4 is 33.2 Å². The van der Waals surface area contributed by atoms with Crippen molar-refractivity contribution in [3.8, 4) is 0 Å². The zero-order valence-corrected chi connectivity index (χ0v) is 30.7. The Morgan fingerprint density at radius 1 is 0.407 bits per heavy atom. The Hall–Kier alpha value is -4.48. The van der Waals surface area contributed by atoms with Crippen LogP contribution in [-0.4, -0.2) is 184 Å². The first-order valence-electron chi connectivity index (χ1n) is 17.8. The highest BCUT2D eigenvalue weighted by atomic mass is 16.4. The fraction of sp³-hybridized carbons (Fsp3) is 0.750. The number of nitrogens with two attached hydrogens (primary N) is 3. The van der Waals surface area contributed by atoms with E-state index in [1.165, 1.54) is 14.7 Å². The molecule has 0 heterocycles. The molecular formula is C32H59N9O13. The molecular weight excluding hydrogens is 718 g/mol. The van der Waals surface area contributed by atoms with Crippen molar-refractivity contribution in [2.45, 2.75) is 75.9 Å². The number of unbranched alkanes of at least 4 members (excludes halogenated alkanes) is 3. The molecule has 3 unspecified atom stereocenters. The lowest BCUT2D eigenvalue weighted by atomic mass is 10.1. The number of carboxylic acids is 5. The van der Waals surface area contributed by atoms with Crippen LogP contribution in [0.1, 0.15) is 57.8 Å². The van der Waals surface area contributed by atoms with E-state index in [-0.39, 0.29) is 45.4 Å². The molecule has 0 aromatic heterocycles. The zero-order valence-electron chi connectivity index (χ0n) is 30.7. The summed E-state index contributed by atoms with van der Waals surface area (Å²) >= 11 is 0. The van der Waals surface area contributed by atoms with Gasteiger partial charge < -0.3 is 58.7 Å². The Morgan fingerprint density at radius 3 is 0.907 bits per heavy atom. The second-order valence-electron chi connectivity index (χ2n) is 12.7. The smallest absolute Gasteiger partial charge is 0.326 e. The fourth-order valence-corrected chi connectivity index (χ4v) is 5.23. The monoisotopic (exact) mass is 777 g/mol. The average molecular weight is 778 g/mol. The van der Waals surface area contributed by atoms with Gasteiger partial charge in [-0.15, -0.1) is 0 Å². The first kappa shape index (κ1) is 49.5. The van der Waals surface area contributed by atoms with Gasteiger partial charge in [0.2, 0.25) is 17.7 Å². The van der Waals surface area contributed by atoms with Crippen molar-refractivity contribution in [2.75, 3.05) is 78.5 Å². The second kappa shape index (κ2) is 28.9. The highest BCUT2D eigenvalue weighted by molar-refractivity contribution is 5.86. The van der Waals surface area contributed by atoms with Crippen LogP contribution >= 0.6 is 0 Å². The van der Waals surface area contributed by atoms with E-state index in [1.54, 1.807) is 0 Å². The molecule has 14 N–H and O–H groups in total. The molecule has 0 saturated carbocycles. The topological polar surface area (TPSA) is 362 Å². The maximum atomic E-state index is 13.1. The van der Waals surface area contributed by atoms with Crippen molar-refractivity contribution >= 4 is 47.6 Å². The number of hydrogen-bond acceptors (Lipinski definition) is 14. The molecule has 0 aliphatic heterocycles. The molecule has 0 radical (unpaired) electrons. The molecule has 3 amide bonds. The molecule has 0 aromatic carbocycles. The molecule has 22 heteroatoms. The van der Waals surface area contributed by atoms with Gasteiger partial charge in [-0.3, -0.25) is 38.7 Å². The number of amides is 3. The minimum absolute atomic E-state index is 0.0917. The number of carboxylic acid groups (broad SMARTS) is 5. The largest absolute Gasteiger partial charge is 0.480 e. The summed E-state index contributed by atoms with van der Waals surface area (Å²) in [4.78, 5) is 101. The number of carbonyl (C=O) groups is 8. The summed E-state index contributed by atoms with van der Waals surface area (Å²) < 4.78 is 0. The van der Waals surface area contributed by atoms with Gasteiger partial charge in [0.1, 0.15) is 18.1 Å². The quantitative estimate of drug-likeness (QED) is 0.0279. The van der Waals surface area contributed by atoms with Crippen molar-refractivity contribution < 1.29 is 63.9 Å². The highest BCUT2D eigenvalue weighted by Crippen LogP contribution is 2.05. The predicted molar refractivity (Wildman–Crippen MR) is 192 cm³/mol. The molecule has 0 bridgehead atoms. The minimum Gasteiger partial charge on any atom is -0.480 e. The van der Waals surface area contributed by atoms with Crippen molar-refractivity contribution in [3.05, 3.63) is 0 Å². The molecule has 0 aliphatic carbocycles. The first-order valence-corrected chi connectivity index (χ1v) is 17.8. The van der Waals surface area contributed by atoms with Gasteiger partial charge in [0, 0.05) is 26.2 Å². The molecule has 0 fully saturated rings. The van der Waals surface area contributed by atoms with E-state index in [9.17, 15) is 63.9 Å². The van der Waals surface area contributed by atoms with E-state index in [0.717, 1.165) is 0 Å². The summed E-state index contributed by atoms with van der Waals surface area (Å²) in [6.45, 7) is -2.41. The van der Waals surface area contributed by atoms with Gasteiger partial charge >= 0.3 is 29.8 Å². The minimum atomic E-state index is -1.31. The molecule has 54 heavy (non-hydrogen) atoms. The Balaban J connectivity index is 6.03. The van der Waals surface area contributed by atoms with E-state index >= 15 is 0 Å². The number of rotatable bonds is 34. The SMILES string of the molecule is NCCCCC(NC(=O)CN(CCN(CC(=O)O)CC(=O)NC(CCCCN)C(=O)O)CCN(CC(=O)O)CC(=O)NC(CCCCN)C(=O)O)C(=O)O. The molecule has 0 spiro atoms. The standard InChI is InChI=1S/C32H59N9O13/c33-10-4-1-7-22(30(49)50)36-25(42)17-39(13-15-40(20-28(45)46)18-26(43)37-23(31(51)52)8-2-5-11-34)14-16-41(21-29(47)48)19-27(44)38-24(32(53)54)9-3-6-12-35/h22-24H,1-21,33-35H2,(H,36,42)(H,37,43)(H,38,44)(H,45,46)(H,47,48)(H,49,50)(H,51,52)(H,53,54). The Kier molecular flexibility index (Phi) is 26.5. The Bertz CT molecular complexity index is 1140. The second-order valence-corrected chi connectivity index (χ2v) is 12.7. The van der Waals surface area contributed by atoms with Crippen LogP contribution in [0.4, 0.5) is 0 Å². The summed E-state index contributed by atoms with van der Waals surface area (Å²) in [6, 6.07) is -3.72. The van der Waals surface area contributed by atoms with Crippen molar-refractivity contribution in [2.24, 2.45) is 17.2 Å². The molecule has 0 aromatic rings. The van der Waals surface area contributed by atoms with E-state index in [2.05, 4.69) is 16.0 Å². The lowest BCUT2D eigenvalue weighted by molar-refractivity contribution is -0.143. The van der Waals surface area contributed by atoms with Gasteiger partial charge in [0.15, 0.2) is 0 Å². The third-order valence-corrected chi connectivity index (χ3v) is 8.02. The normalized spacial score (nSPS) is 12.9. The number of nitrogens with one attached hydrogen (secondary N) is 3. The maximum absolute atomic E-state index is 13.1. The summed E-state index contributed by atoms with van der Waals surface area (Å²) in [7, 11) is 0. The lowest BCUT2D eigenvalue weighted by Gasteiger charge is -2.29. The van der Waals surface area contributed by atoms with Gasteiger partial charge in [0.05, 0.1) is 32.7 Å². The number of nitrogens with zero attached hydrogens (tertiary/aromatic N) is 3. The van der Waals surface area contributed by atoms with E-state index in [0.29, 0.717) is 58.2 Å². The Morgan fingerprint density at radius 2 is 0.667 bits per heavy atom. The summed E-state index contributed by atoms with van der Waals surface area (Å²) in [5.41, 5.74) is 16.4. The van der Waals surface area contributed by atoms with Crippen LogP contribution in [0.2, 0.25) is 0 Å².